The summed E-state index contributed by atoms with van der Waals surface area (Å²) in [6.07, 6.45) is 4.33. The summed E-state index contributed by atoms with van der Waals surface area (Å²) in [5.41, 5.74) is 3.37. The molecule has 25 heavy (non-hydrogen) atoms. The Hall–Kier alpha value is -1.77. The minimum Gasteiger partial charge on any atom is -0.493 e. The smallest absolute Gasteiger partial charge is 0.191 e. The standard InChI is InChI=1S/C18H25N5O.HI/c1-13-3-6-15(17(9-13)24-12-14-4-5-14)10-20-18(19-2)21-11-16-7-8-22-23-16;/h3,6-9,14H,4-5,10-12H2,1-2H3,(H,22,23)(H2,19,20,21);1H. The van der Waals surface area contributed by atoms with Crippen LogP contribution in [-0.2, 0) is 13.1 Å². The van der Waals surface area contributed by atoms with Gasteiger partial charge in [-0.25, -0.2) is 0 Å². The first-order valence-electron chi connectivity index (χ1n) is 8.39. The molecule has 0 saturated heterocycles. The first-order valence-corrected chi connectivity index (χ1v) is 8.39. The molecular formula is C18H26IN5O. The fraction of sp³-hybridized carbons (Fsp3) is 0.444. The molecule has 0 aliphatic heterocycles. The third-order valence-electron chi connectivity index (χ3n) is 4.07. The van der Waals surface area contributed by atoms with Gasteiger partial charge in [-0.2, -0.15) is 5.10 Å². The Bertz CT molecular complexity index is 683. The van der Waals surface area contributed by atoms with Crippen molar-refractivity contribution in [2.45, 2.75) is 32.9 Å². The molecule has 7 heteroatoms. The Morgan fingerprint density at radius 3 is 2.76 bits per heavy atom. The molecule has 1 aromatic heterocycles. The number of aliphatic imine (C=N–C) groups is 1. The van der Waals surface area contributed by atoms with Crippen molar-refractivity contribution >= 4 is 29.9 Å². The van der Waals surface area contributed by atoms with E-state index in [1.54, 1.807) is 13.2 Å². The number of hydrogen-bond donors (Lipinski definition) is 3. The average molecular weight is 455 g/mol. The van der Waals surface area contributed by atoms with Crippen LogP contribution in [-0.4, -0.2) is 29.8 Å². The number of rotatable bonds is 7. The second-order valence-corrected chi connectivity index (χ2v) is 6.23. The molecule has 1 saturated carbocycles. The number of ether oxygens (including phenoxy) is 1. The van der Waals surface area contributed by atoms with Gasteiger partial charge < -0.3 is 15.4 Å². The van der Waals surface area contributed by atoms with Gasteiger partial charge in [0, 0.05) is 25.4 Å². The van der Waals surface area contributed by atoms with Gasteiger partial charge in [0.15, 0.2) is 5.96 Å². The second-order valence-electron chi connectivity index (χ2n) is 6.23. The van der Waals surface area contributed by atoms with Crippen LogP contribution in [0.4, 0.5) is 0 Å². The zero-order valence-electron chi connectivity index (χ0n) is 14.7. The Morgan fingerprint density at radius 2 is 2.08 bits per heavy atom. The van der Waals surface area contributed by atoms with E-state index in [0.717, 1.165) is 35.5 Å². The summed E-state index contributed by atoms with van der Waals surface area (Å²) in [4.78, 5) is 4.25. The van der Waals surface area contributed by atoms with Crippen LogP contribution in [0.3, 0.4) is 0 Å². The number of nitrogens with zero attached hydrogens (tertiary/aromatic N) is 2. The summed E-state index contributed by atoms with van der Waals surface area (Å²) >= 11 is 0. The van der Waals surface area contributed by atoms with Crippen molar-refractivity contribution in [3.8, 4) is 5.75 Å². The molecule has 1 aliphatic rings. The van der Waals surface area contributed by atoms with Gasteiger partial charge in [0.25, 0.3) is 0 Å². The molecule has 2 aromatic rings. The highest BCUT2D eigenvalue weighted by molar-refractivity contribution is 14.0. The summed E-state index contributed by atoms with van der Waals surface area (Å²) in [5.74, 6) is 2.46. The molecule has 6 nitrogen and oxygen atoms in total. The van der Waals surface area contributed by atoms with Crippen LogP contribution in [0.15, 0.2) is 35.5 Å². The van der Waals surface area contributed by atoms with Gasteiger partial charge in [0.2, 0.25) is 0 Å². The van der Waals surface area contributed by atoms with Gasteiger partial charge in [-0.15, -0.1) is 24.0 Å². The molecule has 136 valence electrons. The van der Waals surface area contributed by atoms with Crippen molar-refractivity contribution in [2.24, 2.45) is 10.9 Å². The molecule has 1 aromatic carbocycles. The normalized spacial score (nSPS) is 13.9. The molecule has 1 fully saturated rings. The molecule has 0 radical (unpaired) electrons. The number of H-pyrrole nitrogens is 1. The Morgan fingerprint density at radius 1 is 1.28 bits per heavy atom. The van der Waals surface area contributed by atoms with Gasteiger partial charge in [-0.1, -0.05) is 12.1 Å². The van der Waals surface area contributed by atoms with E-state index in [1.165, 1.54) is 18.4 Å². The lowest BCUT2D eigenvalue weighted by atomic mass is 10.1. The first-order chi connectivity index (χ1) is 11.7. The minimum absolute atomic E-state index is 0. The predicted octanol–water partition coefficient (Wildman–Crippen LogP) is 2.99. The molecular weight excluding hydrogens is 429 g/mol. The Labute approximate surface area is 165 Å². The van der Waals surface area contributed by atoms with Crippen LogP contribution in [0.5, 0.6) is 5.75 Å². The van der Waals surface area contributed by atoms with Crippen molar-refractivity contribution in [3.63, 3.8) is 0 Å². The quantitative estimate of drug-likeness (QED) is 0.341. The molecule has 1 aliphatic carbocycles. The molecule has 0 spiro atoms. The number of nitrogens with one attached hydrogen (secondary N) is 3. The van der Waals surface area contributed by atoms with E-state index in [-0.39, 0.29) is 24.0 Å². The van der Waals surface area contributed by atoms with Crippen molar-refractivity contribution in [1.29, 1.82) is 0 Å². The first kappa shape index (κ1) is 19.6. The van der Waals surface area contributed by atoms with E-state index in [9.17, 15) is 0 Å². The van der Waals surface area contributed by atoms with Crippen LogP contribution in [0.1, 0.15) is 29.7 Å². The molecule has 1 heterocycles. The lowest BCUT2D eigenvalue weighted by molar-refractivity contribution is 0.296. The van der Waals surface area contributed by atoms with Crippen molar-refractivity contribution < 1.29 is 4.74 Å². The van der Waals surface area contributed by atoms with E-state index in [4.69, 9.17) is 4.74 Å². The number of aryl methyl sites for hydroxylation is 1. The number of aromatic amines is 1. The van der Waals surface area contributed by atoms with Gasteiger partial charge in [-0.05, 0) is 43.4 Å². The lowest BCUT2D eigenvalue weighted by Gasteiger charge is -2.15. The van der Waals surface area contributed by atoms with Gasteiger partial charge in [-0.3, -0.25) is 10.1 Å². The van der Waals surface area contributed by atoms with E-state index < -0.39 is 0 Å². The highest BCUT2D eigenvalue weighted by atomic mass is 127. The molecule has 0 bridgehead atoms. The zero-order chi connectivity index (χ0) is 16.8. The number of aromatic nitrogens is 2. The molecule has 0 atom stereocenters. The number of hydrogen-bond acceptors (Lipinski definition) is 3. The van der Waals surface area contributed by atoms with Gasteiger partial charge in [0.05, 0.1) is 18.8 Å². The number of guanidine groups is 1. The summed E-state index contributed by atoms with van der Waals surface area (Å²) in [6, 6.07) is 8.28. The van der Waals surface area contributed by atoms with Crippen LogP contribution in [0.2, 0.25) is 0 Å². The molecule has 0 unspecified atom stereocenters. The second kappa shape index (κ2) is 9.65. The monoisotopic (exact) mass is 455 g/mol. The highest BCUT2D eigenvalue weighted by Crippen LogP contribution is 2.30. The maximum Gasteiger partial charge on any atom is 0.191 e. The fourth-order valence-electron chi connectivity index (χ4n) is 2.40. The van der Waals surface area contributed by atoms with E-state index in [1.807, 2.05) is 6.07 Å². The molecule has 0 amide bonds. The van der Waals surface area contributed by atoms with Gasteiger partial charge >= 0.3 is 0 Å². The molecule has 3 rings (SSSR count). The van der Waals surface area contributed by atoms with E-state index >= 15 is 0 Å². The van der Waals surface area contributed by atoms with Gasteiger partial charge in [0.1, 0.15) is 5.75 Å². The Kier molecular flexibility index (Phi) is 7.54. The van der Waals surface area contributed by atoms with E-state index in [2.05, 4.69) is 50.9 Å². The third-order valence-corrected chi connectivity index (χ3v) is 4.07. The SMILES string of the molecule is CN=C(NCc1ccn[nH]1)NCc1ccc(C)cc1OCC1CC1.I. The fourth-order valence-corrected chi connectivity index (χ4v) is 2.40. The predicted molar refractivity (Wildman–Crippen MR) is 110 cm³/mol. The number of halogens is 1. The topological polar surface area (TPSA) is 74.3 Å². The summed E-state index contributed by atoms with van der Waals surface area (Å²) in [7, 11) is 1.77. The average Bonchev–Trinajstić information content (AvgIpc) is 3.28. The van der Waals surface area contributed by atoms with Crippen molar-refractivity contribution in [2.75, 3.05) is 13.7 Å². The zero-order valence-corrected chi connectivity index (χ0v) is 17.0. The third kappa shape index (κ3) is 6.22. The summed E-state index contributed by atoms with van der Waals surface area (Å²) in [6.45, 7) is 4.23. The van der Waals surface area contributed by atoms with Crippen LogP contribution < -0.4 is 15.4 Å². The van der Waals surface area contributed by atoms with Crippen LogP contribution in [0, 0.1) is 12.8 Å². The van der Waals surface area contributed by atoms with Crippen molar-refractivity contribution in [3.05, 3.63) is 47.3 Å². The number of benzene rings is 1. The summed E-state index contributed by atoms with van der Waals surface area (Å²) in [5, 5.41) is 13.5. The Balaban J connectivity index is 0.00000225. The largest absolute Gasteiger partial charge is 0.493 e. The highest BCUT2D eigenvalue weighted by Gasteiger charge is 2.22. The van der Waals surface area contributed by atoms with Crippen LogP contribution in [0.25, 0.3) is 0 Å². The van der Waals surface area contributed by atoms with Crippen LogP contribution >= 0.6 is 24.0 Å². The lowest BCUT2D eigenvalue weighted by Crippen LogP contribution is -2.36. The minimum atomic E-state index is 0. The maximum absolute atomic E-state index is 6.01. The van der Waals surface area contributed by atoms with E-state index in [0.29, 0.717) is 13.1 Å². The van der Waals surface area contributed by atoms with Crippen molar-refractivity contribution in [1.82, 2.24) is 20.8 Å². The molecule has 3 N–H and O–H groups in total. The summed E-state index contributed by atoms with van der Waals surface area (Å²) < 4.78 is 6.01. The maximum atomic E-state index is 6.01.